The number of hydrogen-bond donors (Lipinski definition) is 1. The van der Waals surface area contributed by atoms with Gasteiger partial charge in [0.25, 0.3) is 0 Å². The molecule has 2 aliphatic heterocycles. The van der Waals surface area contributed by atoms with Gasteiger partial charge in [0.05, 0.1) is 0 Å². The van der Waals surface area contributed by atoms with Gasteiger partial charge in [-0.3, -0.25) is 0 Å². The molecule has 2 heterocycles. The highest BCUT2D eigenvalue weighted by atomic mass is 16.2. The monoisotopic (exact) mass is 237 g/mol. The number of carbonyl (C=O) groups is 1. The fourth-order valence-electron chi connectivity index (χ4n) is 3.11. The minimum atomic E-state index is 0.311. The average molecular weight is 237 g/mol. The van der Waals surface area contributed by atoms with Gasteiger partial charge in [0.2, 0.25) is 0 Å². The SMILES string of the molecule is CC1CCN(C(=O)N(C2CC2)C2CCNC2)C1. The molecule has 2 atom stereocenters. The van der Waals surface area contributed by atoms with Crippen LogP contribution in [0.2, 0.25) is 0 Å². The predicted octanol–water partition coefficient (Wildman–Crippen LogP) is 1.27. The Bertz CT molecular complexity index is 297. The molecule has 0 radical (unpaired) electrons. The third-order valence-electron chi connectivity index (χ3n) is 4.28. The van der Waals surface area contributed by atoms with E-state index < -0.39 is 0 Å². The van der Waals surface area contributed by atoms with E-state index in [-0.39, 0.29) is 0 Å². The Hall–Kier alpha value is -0.770. The third-order valence-corrected chi connectivity index (χ3v) is 4.28. The molecule has 4 heteroatoms. The lowest BCUT2D eigenvalue weighted by atomic mass is 10.2. The van der Waals surface area contributed by atoms with E-state index in [1.165, 1.54) is 19.3 Å². The lowest BCUT2D eigenvalue weighted by molar-refractivity contribution is 0.140. The standard InChI is InChI=1S/C13H23N3O/c1-10-5-7-15(9-10)13(17)16(11-2-3-11)12-4-6-14-8-12/h10-12,14H,2-9H2,1H3. The summed E-state index contributed by atoms with van der Waals surface area (Å²) >= 11 is 0. The molecule has 0 aromatic carbocycles. The van der Waals surface area contributed by atoms with Gasteiger partial charge in [-0.05, 0) is 38.1 Å². The van der Waals surface area contributed by atoms with Gasteiger partial charge in [-0.25, -0.2) is 4.79 Å². The van der Waals surface area contributed by atoms with E-state index in [0.29, 0.717) is 24.0 Å². The number of nitrogens with zero attached hydrogens (tertiary/aromatic N) is 2. The number of rotatable bonds is 2. The zero-order valence-corrected chi connectivity index (χ0v) is 10.7. The van der Waals surface area contributed by atoms with E-state index in [1.807, 2.05) is 0 Å². The fourth-order valence-corrected chi connectivity index (χ4v) is 3.11. The molecule has 96 valence electrons. The molecule has 2 amide bonds. The van der Waals surface area contributed by atoms with Gasteiger partial charge in [0.1, 0.15) is 0 Å². The van der Waals surface area contributed by atoms with Crippen molar-refractivity contribution in [1.29, 1.82) is 0 Å². The third kappa shape index (κ3) is 2.28. The van der Waals surface area contributed by atoms with E-state index in [4.69, 9.17) is 0 Å². The first-order valence-corrected chi connectivity index (χ1v) is 7.03. The smallest absolute Gasteiger partial charge is 0.320 e. The zero-order chi connectivity index (χ0) is 11.8. The highest BCUT2D eigenvalue weighted by Gasteiger charge is 2.41. The van der Waals surface area contributed by atoms with Gasteiger partial charge in [-0.2, -0.15) is 0 Å². The van der Waals surface area contributed by atoms with Gasteiger partial charge < -0.3 is 15.1 Å². The summed E-state index contributed by atoms with van der Waals surface area (Å²) in [7, 11) is 0. The largest absolute Gasteiger partial charge is 0.324 e. The van der Waals surface area contributed by atoms with Gasteiger partial charge in [-0.1, -0.05) is 6.92 Å². The molecule has 1 saturated carbocycles. The van der Waals surface area contributed by atoms with Crippen molar-refractivity contribution in [2.75, 3.05) is 26.2 Å². The van der Waals surface area contributed by atoms with Crippen LogP contribution in [-0.2, 0) is 0 Å². The molecular weight excluding hydrogens is 214 g/mol. The van der Waals surface area contributed by atoms with Crippen LogP contribution in [0.4, 0.5) is 4.79 Å². The Morgan fingerprint density at radius 3 is 2.59 bits per heavy atom. The van der Waals surface area contributed by atoms with E-state index in [2.05, 4.69) is 22.0 Å². The first-order valence-electron chi connectivity index (χ1n) is 7.03. The van der Waals surface area contributed by atoms with Gasteiger partial charge in [0.15, 0.2) is 0 Å². The van der Waals surface area contributed by atoms with Crippen molar-refractivity contribution < 1.29 is 4.79 Å². The number of hydrogen-bond acceptors (Lipinski definition) is 2. The summed E-state index contributed by atoms with van der Waals surface area (Å²) in [5.74, 6) is 0.682. The first kappa shape index (κ1) is 11.3. The van der Waals surface area contributed by atoms with Crippen molar-refractivity contribution in [3.05, 3.63) is 0 Å². The van der Waals surface area contributed by atoms with E-state index in [9.17, 15) is 4.79 Å². The second-order valence-corrected chi connectivity index (χ2v) is 5.91. The molecule has 2 saturated heterocycles. The topological polar surface area (TPSA) is 35.6 Å². The van der Waals surface area contributed by atoms with Crippen molar-refractivity contribution in [2.24, 2.45) is 5.92 Å². The lowest BCUT2D eigenvalue weighted by Gasteiger charge is -2.32. The summed E-state index contributed by atoms with van der Waals surface area (Å²) in [5.41, 5.74) is 0. The van der Waals surface area contributed by atoms with Crippen LogP contribution in [0.1, 0.15) is 32.6 Å². The van der Waals surface area contributed by atoms with Crippen LogP contribution in [0.15, 0.2) is 0 Å². The maximum Gasteiger partial charge on any atom is 0.320 e. The molecule has 2 unspecified atom stereocenters. The van der Waals surface area contributed by atoms with Crippen LogP contribution in [-0.4, -0.2) is 54.1 Å². The molecule has 17 heavy (non-hydrogen) atoms. The molecule has 3 fully saturated rings. The normalized spacial score (nSPS) is 33.1. The van der Waals surface area contributed by atoms with Gasteiger partial charge >= 0.3 is 6.03 Å². The Labute approximate surface area is 103 Å². The summed E-state index contributed by atoms with van der Waals surface area (Å²) in [6, 6.07) is 1.31. The predicted molar refractivity (Wildman–Crippen MR) is 66.9 cm³/mol. The summed E-state index contributed by atoms with van der Waals surface area (Å²) in [5, 5.41) is 3.38. The second kappa shape index (κ2) is 4.48. The van der Waals surface area contributed by atoms with Crippen LogP contribution < -0.4 is 5.32 Å². The van der Waals surface area contributed by atoms with Crippen LogP contribution in [0.25, 0.3) is 0 Å². The van der Waals surface area contributed by atoms with Crippen LogP contribution in [0.3, 0.4) is 0 Å². The molecule has 0 aromatic rings. The maximum atomic E-state index is 12.6. The van der Waals surface area contributed by atoms with Crippen molar-refractivity contribution in [1.82, 2.24) is 15.1 Å². The van der Waals surface area contributed by atoms with Crippen molar-refractivity contribution in [2.45, 2.75) is 44.7 Å². The molecule has 4 nitrogen and oxygen atoms in total. The van der Waals surface area contributed by atoms with E-state index in [1.54, 1.807) is 0 Å². The van der Waals surface area contributed by atoms with Crippen molar-refractivity contribution >= 4 is 6.03 Å². The quantitative estimate of drug-likeness (QED) is 0.785. The minimum absolute atomic E-state index is 0.311. The number of amides is 2. The molecule has 0 aromatic heterocycles. The second-order valence-electron chi connectivity index (χ2n) is 5.91. The molecule has 3 rings (SSSR count). The highest BCUT2D eigenvalue weighted by Crippen LogP contribution is 2.32. The van der Waals surface area contributed by atoms with Crippen LogP contribution in [0, 0.1) is 5.92 Å². The molecule has 3 aliphatic rings. The molecule has 0 spiro atoms. The fraction of sp³-hybridized carbons (Fsp3) is 0.923. The average Bonchev–Trinajstić information content (AvgIpc) is 2.82. The maximum absolute atomic E-state index is 12.6. The van der Waals surface area contributed by atoms with Crippen LogP contribution in [0.5, 0.6) is 0 Å². The summed E-state index contributed by atoms with van der Waals surface area (Å²) in [6.45, 7) is 6.22. The zero-order valence-electron chi connectivity index (χ0n) is 10.7. The number of likely N-dealkylation sites (tertiary alicyclic amines) is 1. The molecule has 1 N–H and O–H groups in total. The Balaban J connectivity index is 1.67. The number of urea groups is 1. The first-order chi connectivity index (χ1) is 8.25. The summed E-state index contributed by atoms with van der Waals surface area (Å²) in [4.78, 5) is 16.8. The van der Waals surface area contributed by atoms with Gasteiger partial charge in [0, 0.05) is 31.7 Å². The summed E-state index contributed by atoms with van der Waals surface area (Å²) in [6.07, 6.45) is 4.73. The minimum Gasteiger partial charge on any atom is -0.324 e. The highest BCUT2D eigenvalue weighted by molar-refractivity contribution is 5.76. The van der Waals surface area contributed by atoms with Crippen molar-refractivity contribution in [3.63, 3.8) is 0 Å². The molecule has 0 bridgehead atoms. The van der Waals surface area contributed by atoms with E-state index >= 15 is 0 Å². The number of nitrogens with one attached hydrogen (secondary N) is 1. The van der Waals surface area contributed by atoms with E-state index in [0.717, 1.165) is 32.6 Å². The van der Waals surface area contributed by atoms with Gasteiger partial charge in [-0.15, -0.1) is 0 Å². The Kier molecular flexibility index (Phi) is 2.99. The number of carbonyl (C=O) groups excluding carboxylic acids is 1. The lowest BCUT2D eigenvalue weighted by Crippen LogP contribution is -2.49. The van der Waals surface area contributed by atoms with Crippen LogP contribution >= 0.6 is 0 Å². The molecule has 1 aliphatic carbocycles. The molecular formula is C13H23N3O. The Morgan fingerprint density at radius 1 is 1.24 bits per heavy atom. The van der Waals surface area contributed by atoms with Crippen molar-refractivity contribution in [3.8, 4) is 0 Å². The Morgan fingerprint density at radius 2 is 2.06 bits per heavy atom. The summed E-state index contributed by atoms with van der Waals surface area (Å²) < 4.78 is 0.